The summed E-state index contributed by atoms with van der Waals surface area (Å²) in [6.45, 7) is 8.94. The quantitative estimate of drug-likeness (QED) is 0.680. The van der Waals surface area contributed by atoms with Crippen LogP contribution in [0, 0.1) is 12.8 Å². The highest BCUT2D eigenvalue weighted by Gasteiger charge is 2.37. The number of carbonyl (C=O) groups excluding carboxylic acids is 2. The molecule has 3 N–H and O–H groups in total. The summed E-state index contributed by atoms with van der Waals surface area (Å²) in [6.07, 6.45) is 4.08. The topological polar surface area (TPSA) is 78.7 Å². The molecule has 0 bridgehead atoms. The van der Waals surface area contributed by atoms with Gasteiger partial charge in [0.1, 0.15) is 0 Å². The van der Waals surface area contributed by atoms with E-state index in [2.05, 4.69) is 16.8 Å². The van der Waals surface area contributed by atoms with E-state index < -0.39 is 0 Å². The lowest BCUT2D eigenvalue weighted by Gasteiger charge is -2.44. The van der Waals surface area contributed by atoms with Crippen molar-refractivity contribution in [3.8, 4) is 0 Å². The van der Waals surface area contributed by atoms with Gasteiger partial charge in [-0.1, -0.05) is 49.8 Å². The Morgan fingerprint density at radius 2 is 1.76 bits per heavy atom. The van der Waals surface area contributed by atoms with E-state index in [-0.39, 0.29) is 29.8 Å². The SMILES string of the molecule is C=C(N)[C@@H](NC(=O)[C@@H]1CCCC[C@H]1N1CCN(C(=O)c2ccc(C)s2)CC1)c1ccccc1. The van der Waals surface area contributed by atoms with Crippen molar-refractivity contribution in [1.82, 2.24) is 15.1 Å². The molecule has 0 radical (unpaired) electrons. The Morgan fingerprint density at radius 3 is 2.39 bits per heavy atom. The predicted octanol–water partition coefficient (Wildman–Crippen LogP) is 3.70. The lowest BCUT2D eigenvalue weighted by Crippen LogP contribution is -2.56. The number of nitrogens with two attached hydrogens (primary N) is 1. The molecule has 1 aliphatic carbocycles. The Kier molecular flexibility index (Phi) is 7.50. The number of hydrogen-bond acceptors (Lipinski definition) is 5. The van der Waals surface area contributed by atoms with Crippen molar-refractivity contribution in [2.24, 2.45) is 11.7 Å². The number of thiophene rings is 1. The van der Waals surface area contributed by atoms with Crippen molar-refractivity contribution in [3.05, 3.63) is 70.1 Å². The third-order valence-electron chi connectivity index (χ3n) is 6.88. The predicted molar refractivity (Wildman–Crippen MR) is 133 cm³/mol. The molecule has 7 heteroatoms. The molecule has 1 saturated heterocycles. The maximum atomic E-state index is 13.4. The Balaban J connectivity index is 1.39. The summed E-state index contributed by atoms with van der Waals surface area (Å²) in [5.74, 6) is 0.0945. The van der Waals surface area contributed by atoms with Crippen molar-refractivity contribution in [3.63, 3.8) is 0 Å². The van der Waals surface area contributed by atoms with Crippen LogP contribution in [0.15, 0.2) is 54.7 Å². The normalized spacial score (nSPS) is 22.5. The van der Waals surface area contributed by atoms with Crippen LogP contribution < -0.4 is 11.1 Å². The van der Waals surface area contributed by atoms with E-state index in [1.165, 1.54) is 0 Å². The summed E-state index contributed by atoms with van der Waals surface area (Å²) < 4.78 is 0. The average Bonchev–Trinajstić information content (AvgIpc) is 3.28. The number of aryl methyl sites for hydroxylation is 1. The van der Waals surface area contributed by atoms with Gasteiger partial charge in [-0.3, -0.25) is 14.5 Å². The zero-order valence-electron chi connectivity index (χ0n) is 19.3. The van der Waals surface area contributed by atoms with E-state index >= 15 is 0 Å². The summed E-state index contributed by atoms with van der Waals surface area (Å²) in [5, 5.41) is 3.17. The van der Waals surface area contributed by atoms with E-state index in [1.54, 1.807) is 11.3 Å². The van der Waals surface area contributed by atoms with E-state index in [9.17, 15) is 9.59 Å². The van der Waals surface area contributed by atoms with Crippen molar-refractivity contribution in [2.45, 2.75) is 44.7 Å². The first-order valence-corrected chi connectivity index (χ1v) is 12.6. The van der Waals surface area contributed by atoms with Crippen LogP contribution in [0.3, 0.4) is 0 Å². The fourth-order valence-corrected chi connectivity index (χ4v) is 5.94. The molecule has 2 amide bonds. The van der Waals surface area contributed by atoms with Gasteiger partial charge in [-0.2, -0.15) is 0 Å². The van der Waals surface area contributed by atoms with Crippen LogP contribution in [0.4, 0.5) is 0 Å². The van der Waals surface area contributed by atoms with Gasteiger partial charge in [0.2, 0.25) is 5.91 Å². The molecule has 176 valence electrons. The molecule has 2 fully saturated rings. The molecule has 1 aromatic carbocycles. The van der Waals surface area contributed by atoms with Gasteiger partial charge in [0.05, 0.1) is 16.8 Å². The molecule has 1 aromatic heterocycles. The zero-order valence-corrected chi connectivity index (χ0v) is 20.2. The Labute approximate surface area is 200 Å². The number of benzene rings is 1. The highest BCUT2D eigenvalue weighted by atomic mass is 32.1. The average molecular weight is 467 g/mol. The van der Waals surface area contributed by atoms with Gasteiger partial charge in [0, 0.05) is 42.8 Å². The van der Waals surface area contributed by atoms with Gasteiger partial charge in [-0.05, 0) is 37.5 Å². The first-order valence-electron chi connectivity index (χ1n) is 11.8. The first-order chi connectivity index (χ1) is 15.9. The highest BCUT2D eigenvalue weighted by molar-refractivity contribution is 7.13. The fraction of sp³-hybridized carbons (Fsp3) is 0.462. The molecule has 3 atom stereocenters. The fourth-order valence-electron chi connectivity index (χ4n) is 5.10. The van der Waals surface area contributed by atoms with Crippen LogP contribution in [0.2, 0.25) is 0 Å². The third-order valence-corrected chi connectivity index (χ3v) is 7.87. The number of nitrogens with one attached hydrogen (secondary N) is 1. The first kappa shape index (κ1) is 23.5. The number of hydrogen-bond donors (Lipinski definition) is 2. The van der Waals surface area contributed by atoms with Gasteiger partial charge >= 0.3 is 0 Å². The monoisotopic (exact) mass is 466 g/mol. The lowest BCUT2D eigenvalue weighted by atomic mass is 9.82. The lowest BCUT2D eigenvalue weighted by molar-refractivity contribution is -0.129. The molecule has 33 heavy (non-hydrogen) atoms. The van der Waals surface area contributed by atoms with Gasteiger partial charge in [0.25, 0.3) is 5.91 Å². The molecule has 1 aliphatic heterocycles. The molecule has 4 rings (SSSR count). The van der Waals surface area contributed by atoms with Crippen molar-refractivity contribution >= 4 is 23.2 Å². The summed E-state index contributed by atoms with van der Waals surface area (Å²) in [6, 6.07) is 13.5. The van der Waals surface area contributed by atoms with Crippen LogP contribution in [0.25, 0.3) is 0 Å². The van der Waals surface area contributed by atoms with Crippen LogP contribution >= 0.6 is 11.3 Å². The smallest absolute Gasteiger partial charge is 0.264 e. The van der Waals surface area contributed by atoms with Gasteiger partial charge < -0.3 is 16.0 Å². The minimum atomic E-state index is -0.384. The maximum Gasteiger partial charge on any atom is 0.264 e. The standard InChI is InChI=1S/C26H34N4O2S/c1-18-12-13-23(33-18)26(32)30-16-14-29(15-17-30)22-11-7-6-10-21(22)25(31)28-24(19(2)27)20-8-4-3-5-9-20/h3-5,8-9,12-13,21-22,24H,2,6-7,10-11,14-17,27H2,1H3,(H,28,31)/t21-,22-,24-/m1/s1. The zero-order chi connectivity index (χ0) is 23.4. The molecule has 1 saturated carbocycles. The second-order valence-electron chi connectivity index (χ2n) is 9.12. The molecule has 2 heterocycles. The Morgan fingerprint density at radius 1 is 1.06 bits per heavy atom. The van der Waals surface area contributed by atoms with Crippen LogP contribution in [-0.4, -0.2) is 53.8 Å². The Hall–Kier alpha value is -2.64. The molecular formula is C26H34N4O2S. The second kappa shape index (κ2) is 10.5. The molecule has 2 aromatic rings. The number of piperazine rings is 1. The maximum absolute atomic E-state index is 13.4. The van der Waals surface area contributed by atoms with Crippen molar-refractivity contribution in [2.75, 3.05) is 26.2 Å². The summed E-state index contributed by atoms with van der Waals surface area (Å²) >= 11 is 1.55. The van der Waals surface area contributed by atoms with Crippen LogP contribution in [0.5, 0.6) is 0 Å². The van der Waals surface area contributed by atoms with Gasteiger partial charge in [-0.15, -0.1) is 11.3 Å². The van der Waals surface area contributed by atoms with E-state index in [4.69, 9.17) is 5.73 Å². The van der Waals surface area contributed by atoms with Gasteiger partial charge in [-0.25, -0.2) is 0 Å². The van der Waals surface area contributed by atoms with Crippen LogP contribution in [0.1, 0.15) is 51.8 Å². The molecule has 6 nitrogen and oxygen atoms in total. The second-order valence-corrected chi connectivity index (χ2v) is 10.4. The summed E-state index contributed by atoms with van der Waals surface area (Å²) in [5.41, 5.74) is 7.45. The summed E-state index contributed by atoms with van der Waals surface area (Å²) in [7, 11) is 0. The molecule has 0 spiro atoms. The largest absolute Gasteiger partial charge is 0.401 e. The molecule has 2 aliphatic rings. The number of carbonyl (C=O) groups is 2. The Bertz CT molecular complexity index is 981. The summed E-state index contributed by atoms with van der Waals surface area (Å²) in [4.78, 5) is 32.6. The molecule has 0 unspecified atom stereocenters. The number of amides is 2. The van der Waals surface area contributed by atoms with Gasteiger partial charge in [0.15, 0.2) is 0 Å². The number of rotatable bonds is 6. The van der Waals surface area contributed by atoms with Crippen molar-refractivity contribution < 1.29 is 9.59 Å². The van der Waals surface area contributed by atoms with Crippen molar-refractivity contribution in [1.29, 1.82) is 0 Å². The number of nitrogens with zero attached hydrogens (tertiary/aromatic N) is 2. The van der Waals surface area contributed by atoms with Crippen LogP contribution in [-0.2, 0) is 4.79 Å². The van der Waals surface area contributed by atoms with E-state index in [0.717, 1.165) is 54.1 Å². The van der Waals surface area contributed by atoms with E-state index in [1.807, 2.05) is 54.3 Å². The molecular weight excluding hydrogens is 432 g/mol. The minimum absolute atomic E-state index is 0.0488. The minimum Gasteiger partial charge on any atom is -0.401 e. The third kappa shape index (κ3) is 5.47. The highest BCUT2D eigenvalue weighted by Crippen LogP contribution is 2.31. The van der Waals surface area contributed by atoms with E-state index in [0.29, 0.717) is 18.8 Å².